The molecule has 0 rings (SSSR count). The number of hydrogen-bond acceptors (Lipinski definition) is 7. The molecule has 170 valence electrons. The standard InChI is InChI=1S/C19H41N7O3/c1-4-25-19(29)7-15-26(14-6-18(28)21-3)16-13-24-12-11-23-10-9-22-8-5-17(27)20-2/h22-24H,4-16H2,1-3H3,(H,20,27)(H,21,28)(H,25,29). The molecule has 0 saturated heterocycles. The molecular formula is C19H41N7O3. The Balaban J connectivity index is 3.78. The van der Waals surface area contributed by atoms with E-state index in [0.717, 1.165) is 39.3 Å². The summed E-state index contributed by atoms with van der Waals surface area (Å²) in [6, 6.07) is 0. The van der Waals surface area contributed by atoms with Crippen molar-refractivity contribution in [1.29, 1.82) is 0 Å². The Morgan fingerprint density at radius 2 is 1.10 bits per heavy atom. The van der Waals surface area contributed by atoms with E-state index >= 15 is 0 Å². The molecule has 0 bridgehead atoms. The summed E-state index contributed by atoms with van der Waals surface area (Å²) in [6.45, 7) is 9.46. The summed E-state index contributed by atoms with van der Waals surface area (Å²) in [5.41, 5.74) is 0. The van der Waals surface area contributed by atoms with Crippen molar-refractivity contribution in [3.05, 3.63) is 0 Å². The van der Waals surface area contributed by atoms with Crippen LogP contribution < -0.4 is 31.9 Å². The molecule has 10 heteroatoms. The second-order valence-electron chi connectivity index (χ2n) is 6.64. The molecule has 0 heterocycles. The highest BCUT2D eigenvalue weighted by Gasteiger charge is 2.09. The molecule has 29 heavy (non-hydrogen) atoms. The first-order valence-corrected chi connectivity index (χ1v) is 10.6. The fraction of sp³-hybridized carbons (Fsp3) is 0.842. The van der Waals surface area contributed by atoms with Gasteiger partial charge in [-0.2, -0.15) is 0 Å². The number of nitrogens with zero attached hydrogens (tertiary/aromatic N) is 1. The zero-order chi connectivity index (χ0) is 21.7. The highest BCUT2D eigenvalue weighted by molar-refractivity contribution is 5.76. The molecule has 0 aromatic heterocycles. The van der Waals surface area contributed by atoms with Gasteiger partial charge in [0.1, 0.15) is 0 Å². The zero-order valence-electron chi connectivity index (χ0n) is 18.4. The molecule has 0 spiro atoms. The predicted molar refractivity (Wildman–Crippen MR) is 116 cm³/mol. The average molecular weight is 416 g/mol. The highest BCUT2D eigenvalue weighted by atomic mass is 16.2. The highest BCUT2D eigenvalue weighted by Crippen LogP contribution is 1.95. The van der Waals surface area contributed by atoms with Crippen LogP contribution in [0.4, 0.5) is 0 Å². The molecule has 0 unspecified atom stereocenters. The van der Waals surface area contributed by atoms with Crippen molar-refractivity contribution >= 4 is 17.7 Å². The summed E-state index contributed by atoms with van der Waals surface area (Å²) < 4.78 is 0. The fourth-order valence-corrected chi connectivity index (χ4v) is 2.56. The Bertz CT molecular complexity index is 450. The van der Waals surface area contributed by atoms with E-state index in [0.29, 0.717) is 45.4 Å². The summed E-state index contributed by atoms with van der Waals surface area (Å²) >= 11 is 0. The molecule has 0 aromatic carbocycles. The lowest BCUT2D eigenvalue weighted by Gasteiger charge is -2.22. The van der Waals surface area contributed by atoms with Gasteiger partial charge in [0.05, 0.1) is 0 Å². The largest absolute Gasteiger partial charge is 0.359 e. The van der Waals surface area contributed by atoms with E-state index in [1.807, 2.05) is 6.92 Å². The number of rotatable bonds is 19. The lowest BCUT2D eigenvalue weighted by molar-refractivity contribution is -0.122. The van der Waals surface area contributed by atoms with E-state index in [2.05, 4.69) is 36.8 Å². The van der Waals surface area contributed by atoms with Gasteiger partial charge in [-0.05, 0) is 6.92 Å². The number of amides is 3. The smallest absolute Gasteiger partial charge is 0.221 e. The van der Waals surface area contributed by atoms with Crippen LogP contribution in [0.2, 0.25) is 0 Å². The Kier molecular flexibility index (Phi) is 18.4. The second kappa shape index (κ2) is 19.6. The minimum absolute atomic E-state index is 0.00843. The monoisotopic (exact) mass is 415 g/mol. The van der Waals surface area contributed by atoms with Gasteiger partial charge in [-0.15, -0.1) is 0 Å². The van der Waals surface area contributed by atoms with Crippen molar-refractivity contribution in [2.45, 2.75) is 26.2 Å². The first kappa shape index (κ1) is 27.2. The molecule has 6 N–H and O–H groups in total. The third kappa shape index (κ3) is 18.0. The summed E-state index contributed by atoms with van der Waals surface area (Å²) in [5, 5.41) is 17.9. The van der Waals surface area contributed by atoms with E-state index in [1.165, 1.54) is 0 Å². The summed E-state index contributed by atoms with van der Waals surface area (Å²) in [5.74, 6) is 0.0951. The van der Waals surface area contributed by atoms with Crippen molar-refractivity contribution < 1.29 is 14.4 Å². The van der Waals surface area contributed by atoms with Crippen molar-refractivity contribution in [3.63, 3.8) is 0 Å². The van der Waals surface area contributed by atoms with Crippen molar-refractivity contribution in [3.8, 4) is 0 Å². The topological polar surface area (TPSA) is 127 Å². The molecule has 0 aliphatic rings. The number of carbonyl (C=O) groups excluding carboxylic acids is 3. The van der Waals surface area contributed by atoms with Crippen molar-refractivity contribution in [2.75, 3.05) is 79.5 Å². The van der Waals surface area contributed by atoms with Gasteiger partial charge in [-0.3, -0.25) is 14.4 Å². The van der Waals surface area contributed by atoms with Crippen molar-refractivity contribution in [2.24, 2.45) is 0 Å². The number of hydrogen-bond donors (Lipinski definition) is 6. The SMILES string of the molecule is CCNC(=O)CCN(CCNCCNCCNCCC(=O)NC)CCC(=O)NC. The molecule has 10 nitrogen and oxygen atoms in total. The number of carbonyl (C=O) groups is 3. The van der Waals surface area contributed by atoms with Gasteiger partial charge in [0.25, 0.3) is 0 Å². The van der Waals surface area contributed by atoms with Gasteiger partial charge in [0.15, 0.2) is 0 Å². The van der Waals surface area contributed by atoms with Gasteiger partial charge in [-0.25, -0.2) is 0 Å². The van der Waals surface area contributed by atoms with E-state index in [9.17, 15) is 14.4 Å². The summed E-state index contributed by atoms with van der Waals surface area (Å²) in [7, 11) is 3.27. The lowest BCUT2D eigenvalue weighted by atomic mass is 10.3. The van der Waals surface area contributed by atoms with E-state index in [-0.39, 0.29) is 17.7 Å². The quantitative estimate of drug-likeness (QED) is 0.133. The molecule has 3 amide bonds. The van der Waals surface area contributed by atoms with Crippen LogP contribution in [0.1, 0.15) is 26.2 Å². The van der Waals surface area contributed by atoms with E-state index < -0.39 is 0 Å². The molecule has 0 radical (unpaired) electrons. The molecule has 0 aliphatic carbocycles. The summed E-state index contributed by atoms with van der Waals surface area (Å²) in [4.78, 5) is 36.4. The van der Waals surface area contributed by atoms with Crippen LogP contribution in [-0.4, -0.2) is 102 Å². The van der Waals surface area contributed by atoms with Gasteiger partial charge in [0.2, 0.25) is 17.7 Å². The average Bonchev–Trinajstić information content (AvgIpc) is 2.72. The van der Waals surface area contributed by atoms with Crippen LogP contribution in [0, 0.1) is 0 Å². The normalized spacial score (nSPS) is 10.8. The summed E-state index contributed by atoms with van der Waals surface area (Å²) in [6.07, 6.45) is 1.37. The second-order valence-corrected chi connectivity index (χ2v) is 6.64. The van der Waals surface area contributed by atoms with Crippen LogP contribution in [0.5, 0.6) is 0 Å². The molecular weight excluding hydrogens is 374 g/mol. The van der Waals surface area contributed by atoms with E-state index in [4.69, 9.17) is 0 Å². The van der Waals surface area contributed by atoms with Gasteiger partial charge >= 0.3 is 0 Å². The minimum atomic E-state index is 0.00843. The van der Waals surface area contributed by atoms with Crippen LogP contribution in [0.3, 0.4) is 0 Å². The van der Waals surface area contributed by atoms with Crippen LogP contribution in [-0.2, 0) is 14.4 Å². The maximum absolute atomic E-state index is 11.7. The van der Waals surface area contributed by atoms with Gasteiger partial charge in [-0.1, -0.05) is 0 Å². The Morgan fingerprint density at radius 3 is 1.66 bits per heavy atom. The molecule has 0 aliphatic heterocycles. The Morgan fingerprint density at radius 1 is 0.621 bits per heavy atom. The predicted octanol–water partition coefficient (Wildman–Crippen LogP) is -2.14. The zero-order valence-corrected chi connectivity index (χ0v) is 18.4. The molecule has 0 fully saturated rings. The van der Waals surface area contributed by atoms with Crippen LogP contribution >= 0.6 is 0 Å². The third-order valence-corrected chi connectivity index (χ3v) is 4.33. The van der Waals surface area contributed by atoms with Crippen molar-refractivity contribution in [1.82, 2.24) is 36.8 Å². The Labute approximate surface area is 175 Å². The maximum atomic E-state index is 11.7. The minimum Gasteiger partial charge on any atom is -0.359 e. The fourth-order valence-electron chi connectivity index (χ4n) is 2.56. The number of nitrogens with one attached hydrogen (secondary N) is 6. The van der Waals surface area contributed by atoms with E-state index in [1.54, 1.807) is 14.1 Å². The lowest BCUT2D eigenvalue weighted by Crippen LogP contribution is -2.39. The first-order chi connectivity index (χ1) is 14.0. The first-order valence-electron chi connectivity index (χ1n) is 10.6. The Hall–Kier alpha value is -1.75. The van der Waals surface area contributed by atoms with Crippen LogP contribution in [0.15, 0.2) is 0 Å². The molecule has 0 saturated carbocycles. The van der Waals surface area contributed by atoms with Gasteiger partial charge in [0, 0.05) is 98.8 Å². The third-order valence-electron chi connectivity index (χ3n) is 4.33. The molecule has 0 aromatic rings. The maximum Gasteiger partial charge on any atom is 0.221 e. The van der Waals surface area contributed by atoms with Crippen LogP contribution in [0.25, 0.3) is 0 Å². The molecule has 0 atom stereocenters. The van der Waals surface area contributed by atoms with Gasteiger partial charge < -0.3 is 36.8 Å².